The minimum absolute atomic E-state index is 0.338. The number of H-pyrrole nitrogens is 1. The van der Waals surface area contributed by atoms with Crippen LogP contribution in [0.2, 0.25) is 0 Å². The Bertz CT molecular complexity index is 627. The summed E-state index contributed by atoms with van der Waals surface area (Å²) in [6.07, 6.45) is 2.29. The van der Waals surface area contributed by atoms with Gasteiger partial charge in [-0.3, -0.25) is 0 Å². The topological polar surface area (TPSA) is 37.0 Å². The monoisotopic (exact) mass is 272 g/mol. The van der Waals surface area contributed by atoms with Gasteiger partial charge in [-0.1, -0.05) is 20.8 Å². The fourth-order valence-corrected chi connectivity index (χ4v) is 3.54. The molecule has 2 N–H and O–H groups in total. The molecule has 1 heterocycles. The lowest BCUT2D eigenvalue weighted by Gasteiger charge is -2.36. The average Bonchev–Trinajstić information content (AvgIpc) is 2.74. The summed E-state index contributed by atoms with van der Waals surface area (Å²) < 4.78 is 5.38. The lowest BCUT2D eigenvalue weighted by Crippen LogP contribution is -2.33. The highest BCUT2D eigenvalue weighted by Crippen LogP contribution is 2.44. The van der Waals surface area contributed by atoms with Crippen LogP contribution in [0.1, 0.15) is 44.5 Å². The van der Waals surface area contributed by atoms with Crippen molar-refractivity contribution in [2.45, 2.75) is 39.7 Å². The van der Waals surface area contributed by atoms with Crippen LogP contribution < -0.4 is 10.1 Å². The number of benzene rings is 1. The van der Waals surface area contributed by atoms with Crippen LogP contribution in [-0.2, 0) is 6.42 Å². The molecule has 108 valence electrons. The molecule has 0 bridgehead atoms. The summed E-state index contributed by atoms with van der Waals surface area (Å²) in [5, 5.41) is 4.96. The molecule has 1 unspecified atom stereocenters. The Labute approximate surface area is 120 Å². The minimum Gasteiger partial charge on any atom is -0.497 e. The van der Waals surface area contributed by atoms with E-state index in [1.165, 1.54) is 28.6 Å². The van der Waals surface area contributed by atoms with Crippen LogP contribution in [0.15, 0.2) is 18.2 Å². The minimum atomic E-state index is 0.338. The van der Waals surface area contributed by atoms with E-state index in [1.807, 2.05) is 6.07 Å². The van der Waals surface area contributed by atoms with Gasteiger partial charge in [0.2, 0.25) is 0 Å². The molecule has 0 amide bonds. The van der Waals surface area contributed by atoms with Gasteiger partial charge in [-0.25, -0.2) is 0 Å². The van der Waals surface area contributed by atoms with Gasteiger partial charge >= 0.3 is 0 Å². The van der Waals surface area contributed by atoms with Gasteiger partial charge in [0.05, 0.1) is 7.11 Å². The lowest BCUT2D eigenvalue weighted by molar-refractivity contribution is 0.259. The summed E-state index contributed by atoms with van der Waals surface area (Å²) in [4.78, 5) is 3.62. The number of rotatable bonds is 3. The lowest BCUT2D eigenvalue weighted by atomic mass is 9.74. The summed E-state index contributed by atoms with van der Waals surface area (Å²) >= 11 is 0. The van der Waals surface area contributed by atoms with Gasteiger partial charge < -0.3 is 15.0 Å². The average molecular weight is 272 g/mol. The standard InChI is InChI=1S/C17H24N2O/c1-5-18-14-9-17(2,3)10-15-16(14)12-8-11(20-4)6-7-13(12)19-15/h6-8,14,18-19H,5,9-10H2,1-4H3. The van der Waals surface area contributed by atoms with E-state index in [1.54, 1.807) is 7.11 Å². The second kappa shape index (κ2) is 4.81. The van der Waals surface area contributed by atoms with E-state index in [9.17, 15) is 0 Å². The predicted molar refractivity (Wildman–Crippen MR) is 83.4 cm³/mol. The van der Waals surface area contributed by atoms with Crippen molar-refractivity contribution >= 4 is 10.9 Å². The summed E-state index contributed by atoms with van der Waals surface area (Å²) in [5.74, 6) is 0.930. The molecule has 0 spiro atoms. The molecule has 0 fully saturated rings. The van der Waals surface area contributed by atoms with Crippen molar-refractivity contribution in [3.63, 3.8) is 0 Å². The number of nitrogens with one attached hydrogen (secondary N) is 2. The molecule has 20 heavy (non-hydrogen) atoms. The van der Waals surface area contributed by atoms with Crippen molar-refractivity contribution < 1.29 is 4.74 Å². The van der Waals surface area contributed by atoms with Crippen molar-refractivity contribution in [2.24, 2.45) is 5.41 Å². The van der Waals surface area contributed by atoms with Crippen LogP contribution in [-0.4, -0.2) is 18.6 Å². The van der Waals surface area contributed by atoms with Crippen molar-refractivity contribution in [3.05, 3.63) is 29.5 Å². The van der Waals surface area contributed by atoms with Gasteiger partial charge in [-0.15, -0.1) is 0 Å². The fraction of sp³-hybridized carbons (Fsp3) is 0.529. The molecule has 3 nitrogen and oxygen atoms in total. The predicted octanol–water partition coefficient (Wildman–Crippen LogP) is 3.80. The van der Waals surface area contributed by atoms with Crippen LogP contribution >= 0.6 is 0 Å². The smallest absolute Gasteiger partial charge is 0.119 e. The molecule has 0 saturated heterocycles. The van der Waals surface area contributed by atoms with E-state index in [2.05, 4.69) is 43.2 Å². The molecule has 0 aliphatic heterocycles. The Hall–Kier alpha value is -1.48. The molecule has 2 aromatic rings. The highest BCUT2D eigenvalue weighted by atomic mass is 16.5. The third-order valence-corrected chi connectivity index (χ3v) is 4.34. The maximum Gasteiger partial charge on any atom is 0.119 e. The SMILES string of the molecule is CCNC1CC(C)(C)Cc2[nH]c3ccc(OC)cc3c21. The molecule has 1 aliphatic rings. The molecule has 1 atom stereocenters. The van der Waals surface area contributed by atoms with Gasteiger partial charge in [0.1, 0.15) is 5.75 Å². The van der Waals surface area contributed by atoms with Gasteiger partial charge in [0, 0.05) is 22.6 Å². The first-order chi connectivity index (χ1) is 9.54. The zero-order valence-electron chi connectivity index (χ0n) is 12.8. The first kappa shape index (κ1) is 13.5. The Kier molecular flexibility index (Phi) is 3.25. The number of aromatic amines is 1. The molecule has 0 saturated carbocycles. The zero-order chi connectivity index (χ0) is 14.3. The van der Waals surface area contributed by atoms with Crippen molar-refractivity contribution in [3.8, 4) is 5.75 Å². The number of aromatic nitrogens is 1. The second-order valence-electron chi connectivity index (χ2n) is 6.58. The molecule has 3 heteroatoms. The van der Waals surface area contributed by atoms with Crippen molar-refractivity contribution in [1.82, 2.24) is 10.3 Å². The maximum atomic E-state index is 5.38. The first-order valence-electron chi connectivity index (χ1n) is 7.46. The molecular weight excluding hydrogens is 248 g/mol. The molecule has 3 rings (SSSR count). The normalized spacial score (nSPS) is 20.9. The van der Waals surface area contributed by atoms with E-state index in [0.717, 1.165) is 18.7 Å². The largest absolute Gasteiger partial charge is 0.497 e. The number of fused-ring (bicyclic) bond motifs is 3. The fourth-order valence-electron chi connectivity index (χ4n) is 3.54. The highest BCUT2D eigenvalue weighted by Gasteiger charge is 2.34. The Morgan fingerprint density at radius 2 is 2.20 bits per heavy atom. The Morgan fingerprint density at radius 1 is 1.40 bits per heavy atom. The third-order valence-electron chi connectivity index (χ3n) is 4.34. The molecular formula is C17H24N2O. The van der Waals surface area contributed by atoms with Crippen LogP contribution in [0.25, 0.3) is 10.9 Å². The van der Waals surface area contributed by atoms with E-state index in [0.29, 0.717) is 11.5 Å². The van der Waals surface area contributed by atoms with Crippen molar-refractivity contribution in [1.29, 1.82) is 0 Å². The third kappa shape index (κ3) is 2.20. The van der Waals surface area contributed by atoms with Crippen LogP contribution in [0.4, 0.5) is 0 Å². The van der Waals surface area contributed by atoms with Crippen LogP contribution in [0, 0.1) is 5.41 Å². The highest BCUT2D eigenvalue weighted by molar-refractivity contribution is 5.87. The molecule has 1 aromatic heterocycles. The Morgan fingerprint density at radius 3 is 2.90 bits per heavy atom. The Balaban J connectivity index is 2.17. The van der Waals surface area contributed by atoms with Gasteiger partial charge in [0.25, 0.3) is 0 Å². The molecule has 1 aliphatic carbocycles. The summed E-state index contributed by atoms with van der Waals surface area (Å²) in [6, 6.07) is 6.74. The number of hydrogen-bond acceptors (Lipinski definition) is 2. The first-order valence-corrected chi connectivity index (χ1v) is 7.46. The van der Waals surface area contributed by atoms with E-state index in [-0.39, 0.29) is 0 Å². The van der Waals surface area contributed by atoms with Crippen LogP contribution in [0.3, 0.4) is 0 Å². The molecule has 1 aromatic carbocycles. The number of methoxy groups -OCH3 is 1. The summed E-state index contributed by atoms with van der Waals surface area (Å²) in [6.45, 7) is 7.88. The molecule has 0 radical (unpaired) electrons. The zero-order valence-corrected chi connectivity index (χ0v) is 12.8. The van der Waals surface area contributed by atoms with Gasteiger partial charge in [0.15, 0.2) is 0 Å². The van der Waals surface area contributed by atoms with Crippen LogP contribution in [0.5, 0.6) is 5.75 Å². The summed E-state index contributed by atoms with van der Waals surface area (Å²) in [7, 11) is 1.73. The quantitative estimate of drug-likeness (QED) is 0.891. The maximum absolute atomic E-state index is 5.38. The van der Waals surface area contributed by atoms with Crippen molar-refractivity contribution in [2.75, 3.05) is 13.7 Å². The second-order valence-corrected chi connectivity index (χ2v) is 6.58. The van der Waals surface area contributed by atoms with E-state index >= 15 is 0 Å². The number of hydrogen-bond donors (Lipinski definition) is 2. The van der Waals surface area contributed by atoms with Gasteiger partial charge in [-0.05, 0) is 48.6 Å². The van der Waals surface area contributed by atoms with Gasteiger partial charge in [-0.2, -0.15) is 0 Å². The number of ether oxygens (including phenoxy) is 1. The van der Waals surface area contributed by atoms with E-state index in [4.69, 9.17) is 4.74 Å². The van der Waals surface area contributed by atoms with E-state index < -0.39 is 0 Å². The summed E-state index contributed by atoms with van der Waals surface area (Å²) in [5.41, 5.74) is 4.39.